The van der Waals surface area contributed by atoms with E-state index in [9.17, 15) is 0 Å². The van der Waals surface area contributed by atoms with Crippen LogP contribution in [0.3, 0.4) is 0 Å². The summed E-state index contributed by atoms with van der Waals surface area (Å²) in [5.41, 5.74) is 10.0. The second kappa shape index (κ2) is 4.13. The SMILES string of the molecule is CCc1ccc(-c2ccccn2)cc1N. The fourth-order valence-corrected chi connectivity index (χ4v) is 1.61. The number of nitrogens with two attached hydrogens (primary N) is 1. The smallest absolute Gasteiger partial charge is 0.0702 e. The van der Waals surface area contributed by atoms with E-state index in [0.717, 1.165) is 23.4 Å². The van der Waals surface area contributed by atoms with Gasteiger partial charge in [0.2, 0.25) is 0 Å². The number of anilines is 1. The highest BCUT2D eigenvalue weighted by Gasteiger charge is 2.01. The zero-order valence-corrected chi connectivity index (χ0v) is 8.77. The minimum Gasteiger partial charge on any atom is -0.398 e. The highest BCUT2D eigenvalue weighted by Crippen LogP contribution is 2.22. The molecule has 15 heavy (non-hydrogen) atoms. The molecule has 0 unspecified atom stereocenters. The molecule has 0 aliphatic carbocycles. The first-order valence-corrected chi connectivity index (χ1v) is 5.11. The van der Waals surface area contributed by atoms with Gasteiger partial charge >= 0.3 is 0 Å². The summed E-state index contributed by atoms with van der Waals surface area (Å²) >= 11 is 0. The molecule has 2 aromatic rings. The number of hydrogen-bond acceptors (Lipinski definition) is 2. The quantitative estimate of drug-likeness (QED) is 0.753. The molecule has 1 heterocycles. The van der Waals surface area contributed by atoms with Crippen molar-refractivity contribution in [1.82, 2.24) is 4.98 Å². The third-order valence-corrected chi connectivity index (χ3v) is 2.49. The number of pyridine rings is 1. The van der Waals surface area contributed by atoms with Crippen LogP contribution in [0.1, 0.15) is 12.5 Å². The van der Waals surface area contributed by atoms with Gasteiger partial charge in [-0.25, -0.2) is 0 Å². The maximum absolute atomic E-state index is 5.94. The summed E-state index contributed by atoms with van der Waals surface area (Å²) in [6.07, 6.45) is 2.76. The molecule has 1 aromatic carbocycles. The predicted molar refractivity (Wildman–Crippen MR) is 63.5 cm³/mol. The lowest BCUT2D eigenvalue weighted by molar-refractivity contribution is 1.14. The lowest BCUT2D eigenvalue weighted by Crippen LogP contribution is -1.93. The minimum absolute atomic E-state index is 0.848. The molecule has 1 aromatic heterocycles. The molecule has 0 aliphatic rings. The summed E-state index contributed by atoms with van der Waals surface area (Å²) in [6, 6.07) is 12.0. The average Bonchev–Trinajstić information content (AvgIpc) is 2.30. The second-order valence-electron chi connectivity index (χ2n) is 3.48. The molecule has 76 valence electrons. The van der Waals surface area contributed by atoms with Gasteiger partial charge in [0.05, 0.1) is 5.69 Å². The van der Waals surface area contributed by atoms with Crippen LogP contribution in [-0.2, 0) is 6.42 Å². The number of nitrogens with zero attached hydrogens (tertiary/aromatic N) is 1. The van der Waals surface area contributed by atoms with Crippen molar-refractivity contribution in [1.29, 1.82) is 0 Å². The number of hydrogen-bond donors (Lipinski definition) is 1. The summed E-state index contributed by atoms with van der Waals surface area (Å²) in [5, 5.41) is 0. The summed E-state index contributed by atoms with van der Waals surface area (Å²) in [4.78, 5) is 4.29. The molecule has 2 nitrogen and oxygen atoms in total. The maximum Gasteiger partial charge on any atom is 0.0702 e. The third kappa shape index (κ3) is 1.99. The molecule has 0 aliphatic heterocycles. The van der Waals surface area contributed by atoms with Crippen molar-refractivity contribution in [3.8, 4) is 11.3 Å². The van der Waals surface area contributed by atoms with Crippen LogP contribution in [0.15, 0.2) is 42.6 Å². The molecular formula is C13H14N2. The van der Waals surface area contributed by atoms with Gasteiger partial charge in [0.25, 0.3) is 0 Å². The van der Waals surface area contributed by atoms with Crippen LogP contribution in [0.25, 0.3) is 11.3 Å². The van der Waals surface area contributed by atoms with Crippen LogP contribution in [0.4, 0.5) is 5.69 Å². The van der Waals surface area contributed by atoms with Gasteiger partial charge in [0, 0.05) is 17.4 Å². The first kappa shape index (κ1) is 9.71. The Morgan fingerprint density at radius 1 is 1.20 bits per heavy atom. The molecule has 0 amide bonds. The van der Waals surface area contributed by atoms with Crippen molar-refractivity contribution in [2.24, 2.45) is 0 Å². The molecule has 0 fully saturated rings. The van der Waals surface area contributed by atoms with E-state index in [1.807, 2.05) is 24.3 Å². The van der Waals surface area contributed by atoms with Crippen LogP contribution in [0.5, 0.6) is 0 Å². The second-order valence-corrected chi connectivity index (χ2v) is 3.48. The van der Waals surface area contributed by atoms with Crippen LogP contribution in [-0.4, -0.2) is 4.98 Å². The Morgan fingerprint density at radius 2 is 2.07 bits per heavy atom. The van der Waals surface area contributed by atoms with Gasteiger partial charge < -0.3 is 5.73 Å². The number of aromatic nitrogens is 1. The Bertz CT molecular complexity index is 449. The monoisotopic (exact) mass is 198 g/mol. The molecular weight excluding hydrogens is 184 g/mol. The molecule has 2 heteroatoms. The van der Waals surface area contributed by atoms with Crippen molar-refractivity contribution >= 4 is 5.69 Å². The Morgan fingerprint density at radius 3 is 2.67 bits per heavy atom. The Kier molecular flexibility index (Phi) is 2.68. The number of rotatable bonds is 2. The van der Waals surface area contributed by atoms with Gasteiger partial charge in [-0.2, -0.15) is 0 Å². The van der Waals surface area contributed by atoms with Gasteiger partial charge in [-0.15, -0.1) is 0 Å². The van der Waals surface area contributed by atoms with E-state index < -0.39 is 0 Å². The van der Waals surface area contributed by atoms with Crippen molar-refractivity contribution in [2.45, 2.75) is 13.3 Å². The van der Waals surface area contributed by atoms with E-state index in [1.165, 1.54) is 5.56 Å². The molecule has 0 bridgehead atoms. The lowest BCUT2D eigenvalue weighted by atomic mass is 10.0. The number of aryl methyl sites for hydroxylation is 1. The molecule has 0 saturated carbocycles. The van der Waals surface area contributed by atoms with E-state index in [4.69, 9.17) is 5.73 Å². The van der Waals surface area contributed by atoms with E-state index in [0.29, 0.717) is 0 Å². The van der Waals surface area contributed by atoms with Crippen LogP contribution >= 0.6 is 0 Å². The van der Waals surface area contributed by atoms with Gasteiger partial charge in [-0.3, -0.25) is 4.98 Å². The van der Waals surface area contributed by atoms with Gasteiger partial charge in [-0.1, -0.05) is 25.1 Å². The zero-order valence-electron chi connectivity index (χ0n) is 8.77. The van der Waals surface area contributed by atoms with Crippen molar-refractivity contribution < 1.29 is 0 Å². The van der Waals surface area contributed by atoms with E-state index in [-0.39, 0.29) is 0 Å². The minimum atomic E-state index is 0.848. The van der Waals surface area contributed by atoms with Crippen LogP contribution in [0.2, 0.25) is 0 Å². The van der Waals surface area contributed by atoms with Gasteiger partial charge in [0.1, 0.15) is 0 Å². The first-order chi connectivity index (χ1) is 7.31. The van der Waals surface area contributed by atoms with Gasteiger partial charge in [0.15, 0.2) is 0 Å². The van der Waals surface area contributed by atoms with Crippen molar-refractivity contribution in [3.63, 3.8) is 0 Å². The summed E-state index contributed by atoms with van der Waals surface area (Å²) < 4.78 is 0. The molecule has 0 radical (unpaired) electrons. The topological polar surface area (TPSA) is 38.9 Å². The maximum atomic E-state index is 5.94. The number of benzene rings is 1. The van der Waals surface area contributed by atoms with Gasteiger partial charge in [-0.05, 0) is 30.2 Å². The normalized spacial score (nSPS) is 10.2. The summed E-state index contributed by atoms with van der Waals surface area (Å²) in [5.74, 6) is 0. The van der Waals surface area contributed by atoms with Crippen molar-refractivity contribution in [2.75, 3.05) is 5.73 Å². The summed E-state index contributed by atoms with van der Waals surface area (Å²) in [7, 11) is 0. The molecule has 0 atom stereocenters. The van der Waals surface area contributed by atoms with E-state index >= 15 is 0 Å². The Hall–Kier alpha value is -1.83. The van der Waals surface area contributed by atoms with E-state index in [1.54, 1.807) is 6.20 Å². The fraction of sp³-hybridized carbons (Fsp3) is 0.154. The Labute approximate surface area is 89.8 Å². The summed E-state index contributed by atoms with van der Waals surface area (Å²) in [6.45, 7) is 2.10. The number of nitrogen functional groups attached to an aromatic ring is 1. The average molecular weight is 198 g/mol. The van der Waals surface area contributed by atoms with Crippen LogP contribution < -0.4 is 5.73 Å². The van der Waals surface area contributed by atoms with E-state index in [2.05, 4.69) is 24.0 Å². The highest BCUT2D eigenvalue weighted by molar-refractivity contribution is 5.66. The molecule has 2 rings (SSSR count). The fourth-order valence-electron chi connectivity index (χ4n) is 1.61. The third-order valence-electron chi connectivity index (χ3n) is 2.49. The van der Waals surface area contributed by atoms with Crippen LogP contribution in [0, 0.1) is 0 Å². The molecule has 0 spiro atoms. The molecule has 2 N–H and O–H groups in total. The largest absolute Gasteiger partial charge is 0.398 e. The van der Waals surface area contributed by atoms with Crippen molar-refractivity contribution in [3.05, 3.63) is 48.2 Å². The predicted octanol–water partition coefficient (Wildman–Crippen LogP) is 2.89. The highest BCUT2D eigenvalue weighted by atomic mass is 14.7. The zero-order chi connectivity index (χ0) is 10.7. The Balaban J connectivity index is 2.43. The lowest BCUT2D eigenvalue weighted by Gasteiger charge is -2.05. The standard InChI is InChI=1S/C13H14N2/c1-2-10-6-7-11(9-12(10)14)13-5-3-4-8-15-13/h3-9H,2,14H2,1H3. The molecule has 0 saturated heterocycles. The first-order valence-electron chi connectivity index (χ1n) is 5.11.